The molecule has 17 heavy (non-hydrogen) atoms. The van der Waals surface area contributed by atoms with Crippen LogP contribution in [-0.2, 0) is 6.54 Å². The molecule has 0 saturated heterocycles. The van der Waals surface area contributed by atoms with Crippen LogP contribution in [0, 0.1) is 5.82 Å². The number of rotatable bonds is 3. The molecule has 1 aromatic heterocycles. The fourth-order valence-corrected chi connectivity index (χ4v) is 1.95. The van der Waals surface area contributed by atoms with Crippen LogP contribution in [0.15, 0.2) is 24.4 Å². The van der Waals surface area contributed by atoms with Crippen molar-refractivity contribution >= 4 is 0 Å². The van der Waals surface area contributed by atoms with Crippen molar-refractivity contribution < 1.29 is 4.39 Å². The molecule has 0 spiro atoms. The monoisotopic (exact) mass is 231 g/mol. The van der Waals surface area contributed by atoms with Crippen LogP contribution in [0.5, 0.6) is 0 Å². The van der Waals surface area contributed by atoms with Crippen molar-refractivity contribution in [3.8, 4) is 11.3 Å². The molecule has 88 valence electrons. The van der Waals surface area contributed by atoms with Gasteiger partial charge in [0.05, 0.1) is 11.9 Å². The van der Waals surface area contributed by atoms with E-state index in [0.29, 0.717) is 11.5 Å². The highest BCUT2D eigenvalue weighted by Gasteiger charge is 2.26. The molecule has 3 nitrogen and oxygen atoms in total. The van der Waals surface area contributed by atoms with Gasteiger partial charge in [-0.3, -0.25) is 0 Å². The summed E-state index contributed by atoms with van der Waals surface area (Å²) in [5.41, 5.74) is 7.90. The molecule has 1 aliphatic rings. The quantitative estimate of drug-likeness (QED) is 0.852. The fraction of sp³-hybridized carbons (Fsp3) is 0.308. The highest BCUT2D eigenvalue weighted by molar-refractivity contribution is 5.59. The van der Waals surface area contributed by atoms with Gasteiger partial charge in [0.15, 0.2) is 0 Å². The predicted molar refractivity (Wildman–Crippen MR) is 63.8 cm³/mol. The van der Waals surface area contributed by atoms with Gasteiger partial charge in [0.1, 0.15) is 11.6 Å². The summed E-state index contributed by atoms with van der Waals surface area (Å²) in [6.45, 7) is 0.212. The van der Waals surface area contributed by atoms with Crippen LogP contribution in [0.3, 0.4) is 0 Å². The highest BCUT2D eigenvalue weighted by atomic mass is 19.1. The Labute approximate surface area is 98.9 Å². The van der Waals surface area contributed by atoms with Crippen LogP contribution < -0.4 is 5.73 Å². The minimum Gasteiger partial charge on any atom is -0.342 e. The molecule has 0 unspecified atom stereocenters. The van der Waals surface area contributed by atoms with Crippen molar-refractivity contribution in [2.45, 2.75) is 25.3 Å². The van der Waals surface area contributed by atoms with E-state index in [1.54, 1.807) is 18.3 Å². The van der Waals surface area contributed by atoms with E-state index < -0.39 is 0 Å². The zero-order chi connectivity index (χ0) is 11.8. The fourth-order valence-electron chi connectivity index (χ4n) is 1.95. The minimum atomic E-state index is -0.252. The van der Waals surface area contributed by atoms with Gasteiger partial charge < -0.3 is 10.7 Å². The second-order valence-electron chi connectivity index (χ2n) is 4.47. The largest absolute Gasteiger partial charge is 0.342 e. The van der Waals surface area contributed by atoms with Crippen molar-refractivity contribution in [1.82, 2.24) is 9.97 Å². The van der Waals surface area contributed by atoms with Crippen LogP contribution >= 0.6 is 0 Å². The third-order valence-corrected chi connectivity index (χ3v) is 3.14. The molecule has 1 fully saturated rings. The number of aromatic amines is 1. The molecule has 1 aliphatic carbocycles. The van der Waals surface area contributed by atoms with E-state index in [0.717, 1.165) is 17.1 Å². The average Bonchev–Trinajstić information content (AvgIpc) is 3.08. The maximum atomic E-state index is 13.3. The maximum Gasteiger partial charge on any atom is 0.127 e. The second kappa shape index (κ2) is 3.96. The van der Waals surface area contributed by atoms with Gasteiger partial charge in [0.25, 0.3) is 0 Å². The first-order chi connectivity index (χ1) is 8.28. The number of aromatic nitrogens is 2. The van der Waals surface area contributed by atoms with Gasteiger partial charge in [-0.1, -0.05) is 0 Å². The zero-order valence-corrected chi connectivity index (χ0v) is 9.41. The molecule has 0 aliphatic heterocycles. The van der Waals surface area contributed by atoms with Crippen LogP contribution in [0.2, 0.25) is 0 Å². The summed E-state index contributed by atoms with van der Waals surface area (Å²) in [4.78, 5) is 7.64. The Kier molecular flexibility index (Phi) is 2.44. The predicted octanol–water partition coefficient (Wildman–Crippen LogP) is 2.55. The van der Waals surface area contributed by atoms with Crippen molar-refractivity contribution in [2.24, 2.45) is 5.73 Å². The molecule has 2 aromatic rings. The van der Waals surface area contributed by atoms with Gasteiger partial charge in [0, 0.05) is 23.6 Å². The van der Waals surface area contributed by atoms with Crippen molar-refractivity contribution in [1.29, 1.82) is 0 Å². The molecule has 1 heterocycles. The molecule has 0 atom stereocenters. The first-order valence-corrected chi connectivity index (χ1v) is 5.81. The lowest BCUT2D eigenvalue weighted by molar-refractivity contribution is 0.611. The normalized spacial score (nSPS) is 15.2. The smallest absolute Gasteiger partial charge is 0.127 e. The SMILES string of the molecule is NCc1cc(-c2cnc(C3CC3)[nH]2)ccc1F. The Morgan fingerprint density at radius 1 is 1.41 bits per heavy atom. The summed E-state index contributed by atoms with van der Waals surface area (Å²) in [5.74, 6) is 1.38. The average molecular weight is 231 g/mol. The van der Waals surface area contributed by atoms with E-state index in [-0.39, 0.29) is 12.4 Å². The Bertz CT molecular complexity index is 543. The van der Waals surface area contributed by atoms with Gasteiger partial charge in [-0.25, -0.2) is 9.37 Å². The van der Waals surface area contributed by atoms with E-state index in [9.17, 15) is 4.39 Å². The highest BCUT2D eigenvalue weighted by Crippen LogP contribution is 2.38. The van der Waals surface area contributed by atoms with Gasteiger partial charge in [-0.2, -0.15) is 0 Å². The summed E-state index contributed by atoms with van der Waals surface area (Å²) >= 11 is 0. The molecule has 0 amide bonds. The van der Waals surface area contributed by atoms with Gasteiger partial charge in [-0.05, 0) is 31.0 Å². The standard InChI is InChI=1S/C13H14FN3/c14-11-4-3-9(5-10(11)6-15)12-7-16-13(17-12)8-1-2-8/h3-5,7-8H,1-2,6,15H2,(H,16,17). The Hall–Kier alpha value is -1.68. The molecule has 3 N–H and O–H groups in total. The third-order valence-electron chi connectivity index (χ3n) is 3.14. The van der Waals surface area contributed by atoms with E-state index in [1.165, 1.54) is 18.9 Å². The van der Waals surface area contributed by atoms with E-state index in [1.807, 2.05) is 0 Å². The van der Waals surface area contributed by atoms with Crippen LogP contribution in [-0.4, -0.2) is 9.97 Å². The number of halogens is 1. The number of H-pyrrole nitrogens is 1. The number of nitrogens with two attached hydrogens (primary N) is 1. The minimum absolute atomic E-state index is 0.212. The van der Waals surface area contributed by atoms with Gasteiger partial charge in [0.2, 0.25) is 0 Å². The number of nitrogens with zero attached hydrogens (tertiary/aromatic N) is 1. The molecular formula is C13H14FN3. The second-order valence-corrected chi connectivity index (χ2v) is 4.47. The number of hydrogen-bond donors (Lipinski definition) is 2. The van der Waals surface area contributed by atoms with Crippen molar-refractivity contribution in [3.05, 3.63) is 41.6 Å². The van der Waals surface area contributed by atoms with Crippen molar-refractivity contribution in [2.75, 3.05) is 0 Å². The maximum absolute atomic E-state index is 13.3. The first kappa shape index (κ1) is 10.5. The van der Waals surface area contributed by atoms with E-state index >= 15 is 0 Å². The Morgan fingerprint density at radius 2 is 2.24 bits per heavy atom. The topological polar surface area (TPSA) is 54.7 Å². The molecule has 4 heteroatoms. The number of hydrogen-bond acceptors (Lipinski definition) is 2. The number of imidazole rings is 1. The molecule has 1 aromatic carbocycles. The summed E-state index contributed by atoms with van der Waals surface area (Å²) in [5, 5.41) is 0. The lowest BCUT2D eigenvalue weighted by atomic mass is 10.1. The Morgan fingerprint density at radius 3 is 2.94 bits per heavy atom. The van der Waals surface area contributed by atoms with Crippen LogP contribution in [0.4, 0.5) is 4.39 Å². The summed E-state index contributed by atoms with van der Waals surface area (Å²) in [6.07, 6.45) is 4.23. The number of nitrogens with one attached hydrogen (secondary N) is 1. The molecule has 3 rings (SSSR count). The molecular weight excluding hydrogens is 217 g/mol. The number of benzene rings is 1. The third kappa shape index (κ3) is 1.96. The molecule has 0 bridgehead atoms. The van der Waals surface area contributed by atoms with Crippen LogP contribution in [0.1, 0.15) is 30.1 Å². The van der Waals surface area contributed by atoms with E-state index in [4.69, 9.17) is 5.73 Å². The Balaban J connectivity index is 1.96. The molecule has 0 radical (unpaired) electrons. The summed E-state index contributed by atoms with van der Waals surface area (Å²) < 4.78 is 13.3. The zero-order valence-electron chi connectivity index (χ0n) is 9.41. The lowest BCUT2D eigenvalue weighted by Gasteiger charge is -2.03. The van der Waals surface area contributed by atoms with E-state index in [2.05, 4.69) is 9.97 Å². The van der Waals surface area contributed by atoms with Crippen molar-refractivity contribution in [3.63, 3.8) is 0 Å². The summed E-state index contributed by atoms with van der Waals surface area (Å²) in [7, 11) is 0. The molecule has 1 saturated carbocycles. The van der Waals surface area contributed by atoms with Gasteiger partial charge >= 0.3 is 0 Å². The first-order valence-electron chi connectivity index (χ1n) is 5.81. The summed E-state index contributed by atoms with van der Waals surface area (Å²) in [6, 6.07) is 4.98. The lowest BCUT2D eigenvalue weighted by Crippen LogP contribution is -1.99. The van der Waals surface area contributed by atoms with Gasteiger partial charge in [-0.15, -0.1) is 0 Å². The van der Waals surface area contributed by atoms with Crippen LogP contribution in [0.25, 0.3) is 11.3 Å².